The Bertz CT molecular complexity index is 86.7. The SMILES string of the molecule is C=CCCCN(C)C(C)C. The molecule has 0 unspecified atom stereocenters. The van der Waals surface area contributed by atoms with Gasteiger partial charge in [0.15, 0.2) is 0 Å². The van der Waals surface area contributed by atoms with E-state index in [0.717, 1.165) is 6.42 Å². The summed E-state index contributed by atoms with van der Waals surface area (Å²) in [6, 6.07) is 0.671. The second kappa shape index (κ2) is 5.48. The molecule has 0 heterocycles. The van der Waals surface area contributed by atoms with Gasteiger partial charge in [-0.1, -0.05) is 6.08 Å². The van der Waals surface area contributed by atoms with Crippen LogP contribution in [0.5, 0.6) is 0 Å². The van der Waals surface area contributed by atoms with Crippen LogP contribution in [0.2, 0.25) is 0 Å². The summed E-state index contributed by atoms with van der Waals surface area (Å²) in [7, 11) is 2.16. The molecule has 0 rings (SSSR count). The van der Waals surface area contributed by atoms with E-state index in [2.05, 4.69) is 32.4 Å². The van der Waals surface area contributed by atoms with Crippen LogP contribution in [0.15, 0.2) is 12.7 Å². The van der Waals surface area contributed by atoms with E-state index in [1.165, 1.54) is 13.0 Å². The highest BCUT2D eigenvalue weighted by molar-refractivity contribution is 4.67. The normalized spacial score (nSPS) is 10.9. The van der Waals surface area contributed by atoms with Gasteiger partial charge in [-0.25, -0.2) is 0 Å². The molecule has 0 fully saturated rings. The van der Waals surface area contributed by atoms with E-state index in [1.807, 2.05) is 6.08 Å². The molecule has 0 aromatic carbocycles. The molecule has 0 atom stereocenters. The van der Waals surface area contributed by atoms with Crippen LogP contribution in [-0.4, -0.2) is 24.5 Å². The topological polar surface area (TPSA) is 3.24 Å². The largest absolute Gasteiger partial charge is 0.304 e. The summed E-state index contributed by atoms with van der Waals surface area (Å²) < 4.78 is 0. The first kappa shape index (κ1) is 9.70. The smallest absolute Gasteiger partial charge is 0.00355 e. The minimum absolute atomic E-state index is 0.671. The van der Waals surface area contributed by atoms with Gasteiger partial charge in [0.05, 0.1) is 0 Å². The molecule has 0 N–H and O–H groups in total. The van der Waals surface area contributed by atoms with Crippen LogP contribution < -0.4 is 0 Å². The fraction of sp³-hybridized carbons (Fsp3) is 0.778. The van der Waals surface area contributed by atoms with Crippen LogP contribution in [0.4, 0.5) is 0 Å². The average Bonchev–Trinajstić information content (AvgIpc) is 1.88. The van der Waals surface area contributed by atoms with Crippen LogP contribution >= 0.6 is 0 Å². The summed E-state index contributed by atoms with van der Waals surface area (Å²) in [5.41, 5.74) is 0. The molecule has 0 radical (unpaired) electrons. The predicted molar refractivity (Wildman–Crippen MR) is 47.2 cm³/mol. The Morgan fingerprint density at radius 3 is 2.50 bits per heavy atom. The second-order valence-corrected chi connectivity index (χ2v) is 3.01. The molecule has 0 aliphatic rings. The fourth-order valence-electron chi connectivity index (χ4n) is 0.743. The minimum atomic E-state index is 0.671. The zero-order valence-electron chi connectivity index (χ0n) is 7.43. The van der Waals surface area contributed by atoms with Crippen molar-refractivity contribution in [1.29, 1.82) is 0 Å². The van der Waals surface area contributed by atoms with Gasteiger partial charge in [0.25, 0.3) is 0 Å². The molecule has 0 saturated heterocycles. The summed E-state index contributed by atoms with van der Waals surface area (Å²) in [5.74, 6) is 0. The lowest BCUT2D eigenvalue weighted by Crippen LogP contribution is -2.27. The lowest BCUT2D eigenvalue weighted by molar-refractivity contribution is 0.271. The Hall–Kier alpha value is -0.300. The molecule has 0 bridgehead atoms. The number of hydrogen-bond acceptors (Lipinski definition) is 1. The maximum absolute atomic E-state index is 3.68. The lowest BCUT2D eigenvalue weighted by atomic mass is 10.2. The van der Waals surface area contributed by atoms with Gasteiger partial charge in [0.1, 0.15) is 0 Å². The predicted octanol–water partition coefficient (Wildman–Crippen LogP) is 2.29. The Balaban J connectivity index is 3.21. The molecule has 0 saturated carbocycles. The number of hydrogen-bond donors (Lipinski definition) is 0. The van der Waals surface area contributed by atoms with Crippen LogP contribution in [-0.2, 0) is 0 Å². The van der Waals surface area contributed by atoms with Crippen molar-refractivity contribution in [2.24, 2.45) is 0 Å². The van der Waals surface area contributed by atoms with Crippen molar-refractivity contribution in [3.8, 4) is 0 Å². The average molecular weight is 141 g/mol. The Morgan fingerprint density at radius 1 is 1.50 bits per heavy atom. The van der Waals surface area contributed by atoms with Gasteiger partial charge in [-0.15, -0.1) is 6.58 Å². The van der Waals surface area contributed by atoms with Gasteiger partial charge in [-0.3, -0.25) is 0 Å². The van der Waals surface area contributed by atoms with Crippen molar-refractivity contribution >= 4 is 0 Å². The van der Waals surface area contributed by atoms with E-state index >= 15 is 0 Å². The second-order valence-electron chi connectivity index (χ2n) is 3.01. The molecule has 0 spiro atoms. The standard InChI is InChI=1S/C9H19N/c1-5-6-7-8-10(4)9(2)3/h5,9H,1,6-8H2,2-4H3. The first-order valence-corrected chi connectivity index (χ1v) is 3.99. The molecule has 0 aromatic heterocycles. The molecule has 1 nitrogen and oxygen atoms in total. The Labute approximate surface area is 64.7 Å². The summed E-state index contributed by atoms with van der Waals surface area (Å²) in [5, 5.41) is 0. The number of allylic oxidation sites excluding steroid dienone is 1. The van der Waals surface area contributed by atoms with E-state index in [0.29, 0.717) is 6.04 Å². The van der Waals surface area contributed by atoms with E-state index in [9.17, 15) is 0 Å². The third kappa shape index (κ3) is 4.57. The summed E-state index contributed by atoms with van der Waals surface area (Å²) in [6.07, 6.45) is 4.35. The highest BCUT2D eigenvalue weighted by Crippen LogP contribution is 1.97. The molecule has 10 heavy (non-hydrogen) atoms. The molecule has 0 aromatic rings. The first-order chi connectivity index (χ1) is 4.68. The van der Waals surface area contributed by atoms with Crippen molar-refractivity contribution in [3.05, 3.63) is 12.7 Å². The van der Waals surface area contributed by atoms with Gasteiger partial charge in [0, 0.05) is 6.04 Å². The molecule has 0 aliphatic heterocycles. The molecule has 1 heteroatoms. The monoisotopic (exact) mass is 141 g/mol. The van der Waals surface area contributed by atoms with Gasteiger partial charge < -0.3 is 4.90 Å². The van der Waals surface area contributed by atoms with Gasteiger partial charge in [0.2, 0.25) is 0 Å². The third-order valence-corrected chi connectivity index (χ3v) is 1.80. The van der Waals surface area contributed by atoms with Crippen molar-refractivity contribution < 1.29 is 0 Å². The molecule has 0 amide bonds. The van der Waals surface area contributed by atoms with E-state index in [4.69, 9.17) is 0 Å². The molecule has 60 valence electrons. The van der Waals surface area contributed by atoms with E-state index in [1.54, 1.807) is 0 Å². The zero-order valence-corrected chi connectivity index (χ0v) is 7.43. The summed E-state index contributed by atoms with van der Waals surface area (Å²) >= 11 is 0. The minimum Gasteiger partial charge on any atom is -0.304 e. The number of unbranched alkanes of at least 4 members (excludes halogenated alkanes) is 1. The van der Waals surface area contributed by atoms with Gasteiger partial charge >= 0.3 is 0 Å². The van der Waals surface area contributed by atoms with Crippen molar-refractivity contribution in [3.63, 3.8) is 0 Å². The van der Waals surface area contributed by atoms with Crippen molar-refractivity contribution in [2.75, 3.05) is 13.6 Å². The summed E-state index contributed by atoms with van der Waals surface area (Å²) in [4.78, 5) is 2.35. The van der Waals surface area contributed by atoms with Crippen molar-refractivity contribution in [1.82, 2.24) is 4.90 Å². The van der Waals surface area contributed by atoms with Crippen LogP contribution in [0.25, 0.3) is 0 Å². The highest BCUT2D eigenvalue weighted by atomic mass is 15.1. The maximum atomic E-state index is 3.68. The zero-order chi connectivity index (χ0) is 7.98. The maximum Gasteiger partial charge on any atom is 0.00355 e. The van der Waals surface area contributed by atoms with Gasteiger partial charge in [-0.05, 0) is 40.3 Å². The fourth-order valence-corrected chi connectivity index (χ4v) is 0.743. The summed E-state index contributed by atoms with van der Waals surface area (Å²) in [6.45, 7) is 9.30. The van der Waals surface area contributed by atoms with E-state index in [-0.39, 0.29) is 0 Å². The molecular weight excluding hydrogens is 122 g/mol. The molecule has 0 aliphatic carbocycles. The quantitative estimate of drug-likeness (QED) is 0.419. The van der Waals surface area contributed by atoms with E-state index < -0.39 is 0 Å². The highest BCUT2D eigenvalue weighted by Gasteiger charge is 1.99. The van der Waals surface area contributed by atoms with Crippen molar-refractivity contribution in [2.45, 2.75) is 32.7 Å². The lowest BCUT2D eigenvalue weighted by Gasteiger charge is -2.20. The molecular formula is C9H19N. The number of rotatable bonds is 5. The van der Waals surface area contributed by atoms with Crippen LogP contribution in [0, 0.1) is 0 Å². The van der Waals surface area contributed by atoms with Crippen LogP contribution in [0.1, 0.15) is 26.7 Å². The first-order valence-electron chi connectivity index (χ1n) is 3.99. The van der Waals surface area contributed by atoms with Gasteiger partial charge in [-0.2, -0.15) is 0 Å². The Kier molecular flexibility index (Phi) is 5.32. The Morgan fingerprint density at radius 2 is 2.10 bits per heavy atom. The third-order valence-electron chi connectivity index (χ3n) is 1.80. The van der Waals surface area contributed by atoms with Crippen LogP contribution in [0.3, 0.4) is 0 Å². The number of nitrogens with zero attached hydrogens (tertiary/aromatic N) is 1.